The van der Waals surface area contributed by atoms with Crippen LogP contribution in [-0.4, -0.2) is 36.0 Å². The molecular weight excluding hydrogens is 232 g/mol. The molecular formula is C10H23ClO3Si. The molecule has 0 aromatic carbocycles. The number of alkyl halides is 1. The molecule has 5 heteroatoms. The van der Waals surface area contributed by atoms with E-state index in [-0.39, 0.29) is 0 Å². The molecule has 0 rings (SSSR count). The van der Waals surface area contributed by atoms with Gasteiger partial charge in [-0.2, -0.15) is 0 Å². The van der Waals surface area contributed by atoms with Gasteiger partial charge in [0.25, 0.3) is 0 Å². The van der Waals surface area contributed by atoms with Crippen molar-refractivity contribution in [3.63, 3.8) is 0 Å². The van der Waals surface area contributed by atoms with Crippen LogP contribution in [0.1, 0.15) is 26.2 Å². The summed E-state index contributed by atoms with van der Waals surface area (Å²) >= 11 is 5.69. The molecule has 1 atom stereocenters. The summed E-state index contributed by atoms with van der Waals surface area (Å²) in [6, 6.07) is 0.879. The zero-order valence-electron chi connectivity index (χ0n) is 10.2. The molecule has 0 aromatic heterocycles. The van der Waals surface area contributed by atoms with Gasteiger partial charge in [0.1, 0.15) is 0 Å². The van der Waals surface area contributed by atoms with E-state index < -0.39 is 8.80 Å². The molecule has 0 saturated carbocycles. The summed E-state index contributed by atoms with van der Waals surface area (Å²) < 4.78 is 16.2. The minimum atomic E-state index is -2.39. The van der Waals surface area contributed by atoms with Crippen molar-refractivity contribution in [2.75, 3.05) is 27.2 Å². The standard InChI is InChI=1S/C10H23ClO3Si/c1-5-10(7-6-8-11)9-15(12-2,13-3)14-4/h10H,5-9H2,1-4H3. The molecule has 0 aliphatic carbocycles. The van der Waals surface area contributed by atoms with Crippen molar-refractivity contribution in [1.82, 2.24) is 0 Å². The molecule has 0 spiro atoms. The molecule has 3 nitrogen and oxygen atoms in total. The highest BCUT2D eigenvalue weighted by Gasteiger charge is 2.39. The number of hydrogen-bond donors (Lipinski definition) is 0. The molecule has 0 bridgehead atoms. The van der Waals surface area contributed by atoms with Crippen molar-refractivity contribution < 1.29 is 13.3 Å². The molecule has 0 saturated heterocycles. The van der Waals surface area contributed by atoms with E-state index in [0.717, 1.165) is 31.2 Å². The van der Waals surface area contributed by atoms with Crippen LogP contribution < -0.4 is 0 Å². The molecule has 0 amide bonds. The van der Waals surface area contributed by atoms with Crippen LogP contribution in [0.4, 0.5) is 0 Å². The maximum absolute atomic E-state index is 5.69. The van der Waals surface area contributed by atoms with E-state index in [1.165, 1.54) is 0 Å². The third kappa shape index (κ3) is 5.31. The molecule has 92 valence electrons. The van der Waals surface area contributed by atoms with Gasteiger partial charge in [-0.25, -0.2) is 0 Å². The fraction of sp³-hybridized carbons (Fsp3) is 1.00. The predicted molar refractivity (Wildman–Crippen MR) is 65.3 cm³/mol. The summed E-state index contributed by atoms with van der Waals surface area (Å²) in [5, 5.41) is 0. The first kappa shape index (κ1) is 15.4. The quantitative estimate of drug-likeness (QED) is 0.468. The Morgan fingerprint density at radius 3 is 2.00 bits per heavy atom. The Hall–Kier alpha value is 0.387. The molecule has 15 heavy (non-hydrogen) atoms. The Balaban J connectivity index is 4.21. The minimum absolute atomic E-state index is 0.579. The van der Waals surface area contributed by atoms with Gasteiger partial charge in [0.05, 0.1) is 0 Å². The van der Waals surface area contributed by atoms with E-state index in [1.54, 1.807) is 21.3 Å². The van der Waals surface area contributed by atoms with Gasteiger partial charge in [-0.05, 0) is 18.8 Å². The van der Waals surface area contributed by atoms with Gasteiger partial charge in [0.15, 0.2) is 0 Å². The zero-order valence-corrected chi connectivity index (χ0v) is 12.0. The first-order valence-corrected chi connectivity index (χ1v) is 7.86. The van der Waals surface area contributed by atoms with Crippen molar-refractivity contribution in [3.8, 4) is 0 Å². The number of rotatable bonds is 9. The van der Waals surface area contributed by atoms with Gasteiger partial charge in [-0.3, -0.25) is 0 Å². The molecule has 0 fully saturated rings. The highest BCUT2D eigenvalue weighted by Crippen LogP contribution is 2.25. The van der Waals surface area contributed by atoms with E-state index in [4.69, 9.17) is 24.9 Å². The van der Waals surface area contributed by atoms with Gasteiger partial charge < -0.3 is 13.3 Å². The first-order chi connectivity index (χ1) is 7.17. The summed E-state index contributed by atoms with van der Waals surface area (Å²) in [6.07, 6.45) is 3.27. The van der Waals surface area contributed by atoms with Crippen LogP contribution in [0.15, 0.2) is 0 Å². The van der Waals surface area contributed by atoms with Crippen LogP contribution in [0.25, 0.3) is 0 Å². The van der Waals surface area contributed by atoms with Crippen LogP contribution in [0, 0.1) is 5.92 Å². The molecule has 0 radical (unpaired) electrons. The lowest BCUT2D eigenvalue weighted by molar-refractivity contribution is 0.117. The largest absolute Gasteiger partial charge is 0.500 e. The van der Waals surface area contributed by atoms with E-state index in [1.807, 2.05) is 0 Å². The van der Waals surface area contributed by atoms with E-state index in [0.29, 0.717) is 5.92 Å². The molecule has 1 unspecified atom stereocenters. The molecule has 0 aromatic rings. The SMILES string of the molecule is CCC(CCCCl)C[Si](OC)(OC)OC. The van der Waals surface area contributed by atoms with Crippen molar-refractivity contribution >= 4 is 20.4 Å². The Labute approximate surface area is 99.4 Å². The average molecular weight is 255 g/mol. The number of halogens is 1. The van der Waals surface area contributed by atoms with Crippen molar-refractivity contribution in [1.29, 1.82) is 0 Å². The van der Waals surface area contributed by atoms with Crippen LogP contribution in [0.3, 0.4) is 0 Å². The lowest BCUT2D eigenvalue weighted by Crippen LogP contribution is -2.44. The minimum Gasteiger partial charge on any atom is -0.377 e. The van der Waals surface area contributed by atoms with E-state index >= 15 is 0 Å². The van der Waals surface area contributed by atoms with Gasteiger partial charge in [-0.1, -0.05) is 13.3 Å². The maximum Gasteiger partial charge on any atom is 0.500 e. The molecule has 0 N–H and O–H groups in total. The van der Waals surface area contributed by atoms with Crippen molar-refractivity contribution in [2.45, 2.75) is 32.2 Å². The smallest absolute Gasteiger partial charge is 0.377 e. The first-order valence-electron chi connectivity index (χ1n) is 5.39. The number of hydrogen-bond acceptors (Lipinski definition) is 3. The van der Waals surface area contributed by atoms with Gasteiger partial charge in [0.2, 0.25) is 0 Å². The lowest BCUT2D eigenvalue weighted by Gasteiger charge is -2.28. The van der Waals surface area contributed by atoms with Crippen LogP contribution >= 0.6 is 11.6 Å². The summed E-state index contributed by atoms with van der Waals surface area (Å²) in [5.41, 5.74) is 0. The summed E-state index contributed by atoms with van der Waals surface area (Å²) in [6.45, 7) is 2.18. The van der Waals surface area contributed by atoms with Crippen molar-refractivity contribution in [2.24, 2.45) is 5.92 Å². The predicted octanol–water partition coefficient (Wildman–Crippen LogP) is 2.91. The maximum atomic E-state index is 5.69. The fourth-order valence-electron chi connectivity index (χ4n) is 1.67. The second-order valence-electron chi connectivity index (χ2n) is 3.60. The normalized spacial score (nSPS) is 14.2. The van der Waals surface area contributed by atoms with Gasteiger partial charge in [0, 0.05) is 33.3 Å². The van der Waals surface area contributed by atoms with Crippen molar-refractivity contribution in [3.05, 3.63) is 0 Å². The van der Waals surface area contributed by atoms with E-state index in [9.17, 15) is 0 Å². The summed E-state index contributed by atoms with van der Waals surface area (Å²) in [4.78, 5) is 0. The van der Waals surface area contributed by atoms with Crippen LogP contribution in [0.5, 0.6) is 0 Å². The Bertz CT molecular complexity index is 145. The molecule has 0 aliphatic rings. The Kier molecular flexibility index (Phi) is 8.75. The molecule has 0 heterocycles. The van der Waals surface area contributed by atoms with Crippen LogP contribution in [0.2, 0.25) is 6.04 Å². The monoisotopic (exact) mass is 254 g/mol. The lowest BCUT2D eigenvalue weighted by atomic mass is 10.0. The highest BCUT2D eigenvalue weighted by molar-refractivity contribution is 6.60. The molecule has 0 aliphatic heterocycles. The summed E-state index contributed by atoms with van der Waals surface area (Å²) in [5.74, 6) is 1.30. The Morgan fingerprint density at radius 2 is 1.67 bits per heavy atom. The summed E-state index contributed by atoms with van der Waals surface area (Å²) in [7, 11) is 2.59. The second-order valence-corrected chi connectivity index (χ2v) is 6.98. The van der Waals surface area contributed by atoms with Crippen LogP contribution in [-0.2, 0) is 13.3 Å². The third-order valence-electron chi connectivity index (χ3n) is 2.80. The van der Waals surface area contributed by atoms with Gasteiger partial charge in [-0.15, -0.1) is 11.6 Å². The highest BCUT2D eigenvalue weighted by atomic mass is 35.5. The zero-order chi connectivity index (χ0) is 11.7. The third-order valence-corrected chi connectivity index (χ3v) is 6.01. The second kappa shape index (κ2) is 8.53. The van der Waals surface area contributed by atoms with Gasteiger partial charge >= 0.3 is 8.80 Å². The van der Waals surface area contributed by atoms with E-state index in [2.05, 4.69) is 6.92 Å². The fourth-order valence-corrected chi connectivity index (χ4v) is 4.02. The average Bonchev–Trinajstić information content (AvgIpc) is 2.30. The Morgan fingerprint density at radius 1 is 1.13 bits per heavy atom. The topological polar surface area (TPSA) is 27.7 Å².